The number of carbonyl (C=O) groups excluding carboxylic acids is 1. The fourth-order valence-corrected chi connectivity index (χ4v) is 3.54. The van der Waals surface area contributed by atoms with Crippen molar-refractivity contribution >= 4 is 5.91 Å². The van der Waals surface area contributed by atoms with Gasteiger partial charge >= 0.3 is 0 Å². The van der Waals surface area contributed by atoms with Crippen LogP contribution < -0.4 is 0 Å². The molecule has 136 valence electrons. The van der Waals surface area contributed by atoms with Crippen LogP contribution in [0.3, 0.4) is 0 Å². The number of halogens is 3. The van der Waals surface area contributed by atoms with Gasteiger partial charge in [-0.1, -0.05) is 24.3 Å². The summed E-state index contributed by atoms with van der Waals surface area (Å²) in [6, 6.07) is 12.6. The first kappa shape index (κ1) is 17.3. The van der Waals surface area contributed by atoms with E-state index >= 15 is 0 Å². The molecule has 0 bridgehead atoms. The molecule has 2 heterocycles. The van der Waals surface area contributed by atoms with E-state index in [0.717, 1.165) is 28.8 Å². The summed E-state index contributed by atoms with van der Waals surface area (Å²) in [7, 11) is 0. The lowest BCUT2D eigenvalue weighted by atomic mass is 9.88. The molecule has 0 radical (unpaired) electrons. The maximum atomic E-state index is 14.2. The Morgan fingerprint density at radius 2 is 1.70 bits per heavy atom. The van der Waals surface area contributed by atoms with Crippen LogP contribution in [0.5, 0.6) is 0 Å². The Bertz CT molecular complexity index is 1010. The van der Waals surface area contributed by atoms with Crippen LogP contribution in [0.2, 0.25) is 0 Å². The number of rotatable bonds is 2. The molecule has 0 saturated heterocycles. The van der Waals surface area contributed by atoms with Crippen LogP contribution in [0, 0.1) is 17.5 Å². The highest BCUT2D eigenvalue weighted by atomic mass is 19.2. The Morgan fingerprint density at radius 3 is 2.48 bits per heavy atom. The van der Waals surface area contributed by atoms with Crippen LogP contribution in [0.25, 0.3) is 0 Å². The van der Waals surface area contributed by atoms with E-state index in [4.69, 9.17) is 0 Å². The first-order valence-corrected chi connectivity index (χ1v) is 8.50. The second-order valence-corrected chi connectivity index (χ2v) is 6.35. The van der Waals surface area contributed by atoms with Crippen molar-refractivity contribution < 1.29 is 18.0 Å². The van der Waals surface area contributed by atoms with Gasteiger partial charge in [-0.2, -0.15) is 0 Å². The van der Waals surface area contributed by atoms with Gasteiger partial charge in [0.2, 0.25) is 0 Å². The Hall–Kier alpha value is -3.15. The molecule has 0 saturated carbocycles. The molecule has 4 rings (SSSR count). The highest BCUT2D eigenvalue weighted by molar-refractivity contribution is 5.95. The van der Waals surface area contributed by atoms with E-state index in [2.05, 4.69) is 4.98 Å². The lowest BCUT2D eigenvalue weighted by Gasteiger charge is -2.37. The van der Waals surface area contributed by atoms with Crippen LogP contribution in [-0.2, 0) is 6.42 Å². The molecule has 3 aromatic rings. The normalized spacial score (nSPS) is 16.1. The van der Waals surface area contributed by atoms with Crippen LogP contribution in [0.4, 0.5) is 13.2 Å². The van der Waals surface area contributed by atoms with Crippen molar-refractivity contribution in [2.24, 2.45) is 0 Å². The molecular formula is C21H15F3N2O. The molecule has 0 spiro atoms. The second kappa shape index (κ2) is 6.87. The molecule has 1 unspecified atom stereocenters. The summed E-state index contributed by atoms with van der Waals surface area (Å²) in [5.41, 5.74) is 2.35. The highest BCUT2D eigenvalue weighted by Crippen LogP contribution is 2.36. The maximum absolute atomic E-state index is 14.2. The predicted octanol–water partition coefficient (Wildman–Crippen LogP) is 4.29. The summed E-state index contributed by atoms with van der Waals surface area (Å²) in [6.45, 7) is 0.335. The molecule has 1 aliphatic rings. The molecular weight excluding hydrogens is 353 g/mol. The second-order valence-electron chi connectivity index (χ2n) is 6.35. The van der Waals surface area contributed by atoms with E-state index in [1.165, 1.54) is 4.90 Å². The molecule has 27 heavy (non-hydrogen) atoms. The van der Waals surface area contributed by atoms with Gasteiger partial charge in [0.1, 0.15) is 0 Å². The average Bonchev–Trinajstić information content (AvgIpc) is 2.71. The quantitative estimate of drug-likeness (QED) is 0.633. The minimum Gasteiger partial charge on any atom is -0.327 e. The summed E-state index contributed by atoms with van der Waals surface area (Å²) in [5.74, 6) is -5.10. The molecule has 1 aliphatic heterocycles. The minimum absolute atomic E-state index is 0.335. The van der Waals surface area contributed by atoms with Gasteiger partial charge in [0.05, 0.1) is 11.6 Å². The van der Waals surface area contributed by atoms with Crippen LogP contribution >= 0.6 is 0 Å². The van der Waals surface area contributed by atoms with Gasteiger partial charge in [-0.3, -0.25) is 9.78 Å². The number of pyridine rings is 1. The largest absolute Gasteiger partial charge is 0.327 e. The molecule has 0 N–H and O–H groups in total. The molecule has 1 amide bonds. The Kier molecular flexibility index (Phi) is 4.39. The molecule has 6 heteroatoms. The fraction of sp³-hybridized carbons (Fsp3) is 0.143. The zero-order chi connectivity index (χ0) is 19.0. The average molecular weight is 368 g/mol. The number of amides is 1. The Labute approximate surface area is 154 Å². The molecule has 0 fully saturated rings. The topological polar surface area (TPSA) is 33.2 Å². The third-order valence-electron chi connectivity index (χ3n) is 4.83. The zero-order valence-corrected chi connectivity index (χ0v) is 14.2. The summed E-state index contributed by atoms with van der Waals surface area (Å²) in [5, 5.41) is 0. The maximum Gasteiger partial charge on any atom is 0.257 e. The number of aromatic nitrogens is 1. The Morgan fingerprint density at radius 1 is 0.963 bits per heavy atom. The first-order chi connectivity index (χ1) is 13.1. The summed E-state index contributed by atoms with van der Waals surface area (Å²) >= 11 is 0. The van der Waals surface area contributed by atoms with E-state index in [-0.39, 0.29) is 0 Å². The first-order valence-electron chi connectivity index (χ1n) is 8.50. The van der Waals surface area contributed by atoms with E-state index in [1.807, 2.05) is 24.3 Å². The van der Waals surface area contributed by atoms with Gasteiger partial charge in [-0.05, 0) is 47.4 Å². The van der Waals surface area contributed by atoms with Gasteiger partial charge in [-0.25, -0.2) is 13.2 Å². The highest BCUT2D eigenvalue weighted by Gasteiger charge is 2.34. The number of carbonyl (C=O) groups is 1. The van der Waals surface area contributed by atoms with Crippen molar-refractivity contribution in [2.75, 3.05) is 6.54 Å². The predicted molar refractivity (Wildman–Crippen MR) is 93.6 cm³/mol. The van der Waals surface area contributed by atoms with Gasteiger partial charge in [0, 0.05) is 18.9 Å². The smallest absolute Gasteiger partial charge is 0.257 e. The number of fused-ring (bicyclic) bond motifs is 1. The summed E-state index contributed by atoms with van der Waals surface area (Å²) < 4.78 is 41.1. The van der Waals surface area contributed by atoms with Crippen molar-refractivity contribution in [3.8, 4) is 0 Å². The lowest BCUT2D eigenvalue weighted by molar-refractivity contribution is 0.0688. The van der Waals surface area contributed by atoms with Crippen molar-refractivity contribution in [3.05, 3.63) is 101 Å². The van der Waals surface area contributed by atoms with Gasteiger partial charge < -0.3 is 4.90 Å². The Balaban J connectivity index is 1.82. The zero-order valence-electron chi connectivity index (χ0n) is 14.2. The van der Waals surface area contributed by atoms with Crippen LogP contribution in [-0.4, -0.2) is 22.3 Å². The standard InChI is InChI=1S/C21H15F3N2O/c22-17-6-5-16(18(23)19(17)24)21(27)26-12-9-13-3-1-2-4-15(13)20(26)14-7-10-25-11-8-14/h1-8,10-11,20H,9,12H2. The number of nitrogens with zero attached hydrogens (tertiary/aromatic N) is 2. The SMILES string of the molecule is O=C(c1ccc(F)c(F)c1F)N1CCc2ccccc2C1c1ccncc1. The van der Waals surface area contributed by atoms with Crippen molar-refractivity contribution in [1.82, 2.24) is 9.88 Å². The van der Waals surface area contributed by atoms with Crippen LogP contribution in [0.15, 0.2) is 60.9 Å². The molecule has 0 aliphatic carbocycles. The van der Waals surface area contributed by atoms with Gasteiger partial charge in [0.15, 0.2) is 17.5 Å². The van der Waals surface area contributed by atoms with Crippen LogP contribution in [0.1, 0.15) is 33.1 Å². The van der Waals surface area contributed by atoms with Crippen molar-refractivity contribution in [1.29, 1.82) is 0 Å². The third kappa shape index (κ3) is 2.97. The molecule has 1 atom stereocenters. The van der Waals surface area contributed by atoms with E-state index in [1.54, 1.807) is 24.5 Å². The number of benzene rings is 2. The van der Waals surface area contributed by atoms with E-state index in [9.17, 15) is 18.0 Å². The van der Waals surface area contributed by atoms with Gasteiger partial charge in [0.25, 0.3) is 5.91 Å². The van der Waals surface area contributed by atoms with E-state index < -0.39 is 35.0 Å². The third-order valence-corrected chi connectivity index (χ3v) is 4.83. The van der Waals surface area contributed by atoms with Gasteiger partial charge in [-0.15, -0.1) is 0 Å². The number of hydrogen-bond donors (Lipinski definition) is 0. The van der Waals surface area contributed by atoms with E-state index in [0.29, 0.717) is 13.0 Å². The van der Waals surface area contributed by atoms with Crippen molar-refractivity contribution in [2.45, 2.75) is 12.5 Å². The number of hydrogen-bond acceptors (Lipinski definition) is 2. The van der Waals surface area contributed by atoms with Crippen molar-refractivity contribution in [3.63, 3.8) is 0 Å². The summed E-state index contributed by atoms with van der Waals surface area (Å²) in [6.07, 6.45) is 3.83. The fourth-order valence-electron chi connectivity index (χ4n) is 3.54. The summed E-state index contributed by atoms with van der Waals surface area (Å²) in [4.78, 5) is 18.6. The lowest BCUT2D eigenvalue weighted by Crippen LogP contribution is -2.41. The monoisotopic (exact) mass is 368 g/mol. The molecule has 3 nitrogen and oxygen atoms in total. The minimum atomic E-state index is -1.64. The molecule has 1 aromatic heterocycles. The molecule has 2 aromatic carbocycles.